The molecule has 2 N–H and O–H groups in total. The van der Waals surface area contributed by atoms with Crippen molar-refractivity contribution in [1.29, 1.82) is 0 Å². The maximum atomic E-state index is 12.3. The normalized spacial score (nSPS) is 15.4. The molecule has 0 aliphatic carbocycles. The summed E-state index contributed by atoms with van der Waals surface area (Å²) in [5, 5.41) is 0. The lowest BCUT2D eigenvalue weighted by Crippen LogP contribution is -2.42. The fourth-order valence-electron chi connectivity index (χ4n) is 2.72. The number of para-hydroxylation sites is 1. The molecule has 1 fully saturated rings. The van der Waals surface area contributed by atoms with E-state index >= 15 is 0 Å². The summed E-state index contributed by atoms with van der Waals surface area (Å²) in [5.74, 6) is 1.00. The smallest absolute Gasteiger partial charge is 0.228 e. The first-order valence-corrected chi connectivity index (χ1v) is 7.90. The fraction of sp³-hybridized carbons (Fsp3) is 0.333. The van der Waals surface area contributed by atoms with Crippen LogP contribution >= 0.6 is 0 Å². The molecule has 120 valence electrons. The summed E-state index contributed by atoms with van der Waals surface area (Å²) in [5.41, 5.74) is 6.97. The maximum Gasteiger partial charge on any atom is 0.228 e. The predicted molar refractivity (Wildman–Crippen MR) is 89.0 cm³/mol. The molecule has 0 saturated carbocycles. The average molecular weight is 311 g/mol. The third-order valence-electron chi connectivity index (χ3n) is 4.02. The average Bonchev–Trinajstić information content (AvgIpc) is 2.58. The summed E-state index contributed by atoms with van der Waals surface area (Å²) >= 11 is 0. The summed E-state index contributed by atoms with van der Waals surface area (Å²) in [6.45, 7) is 1.45. The zero-order valence-electron chi connectivity index (χ0n) is 13.0. The highest BCUT2D eigenvalue weighted by Gasteiger charge is 2.24. The lowest BCUT2D eigenvalue weighted by molar-refractivity contribution is -0.132. The summed E-state index contributed by atoms with van der Waals surface area (Å²) in [4.78, 5) is 18.4. The molecule has 23 heavy (non-hydrogen) atoms. The van der Waals surface area contributed by atoms with E-state index in [1.165, 1.54) is 0 Å². The molecular formula is C18H21N3O2. The van der Waals surface area contributed by atoms with Crippen LogP contribution in [0.15, 0.2) is 48.7 Å². The number of nitrogens with two attached hydrogens (primary N) is 1. The molecule has 1 aromatic heterocycles. The van der Waals surface area contributed by atoms with Crippen molar-refractivity contribution in [3.8, 4) is 5.75 Å². The van der Waals surface area contributed by atoms with Gasteiger partial charge in [-0.25, -0.2) is 0 Å². The Labute approximate surface area is 136 Å². The highest BCUT2D eigenvalue weighted by Crippen LogP contribution is 2.19. The summed E-state index contributed by atoms with van der Waals surface area (Å²) in [6, 6.07) is 13.4. The first-order chi connectivity index (χ1) is 11.2. The maximum absolute atomic E-state index is 12.3. The Bertz CT molecular complexity index is 635. The third-order valence-corrected chi connectivity index (χ3v) is 4.02. The number of anilines is 1. The molecule has 1 aliphatic rings. The van der Waals surface area contributed by atoms with E-state index in [9.17, 15) is 4.79 Å². The minimum Gasteiger partial charge on any atom is -0.490 e. The van der Waals surface area contributed by atoms with Crippen molar-refractivity contribution in [2.24, 2.45) is 0 Å². The van der Waals surface area contributed by atoms with E-state index < -0.39 is 0 Å². The topological polar surface area (TPSA) is 68.5 Å². The second-order valence-corrected chi connectivity index (χ2v) is 5.77. The van der Waals surface area contributed by atoms with Gasteiger partial charge in [0, 0.05) is 31.6 Å². The Morgan fingerprint density at radius 2 is 1.91 bits per heavy atom. The molecule has 5 nitrogen and oxygen atoms in total. The van der Waals surface area contributed by atoms with Gasteiger partial charge in [0.05, 0.1) is 18.3 Å². The molecule has 2 aromatic rings. The number of piperidine rings is 1. The number of pyridine rings is 1. The number of nitrogens with zero attached hydrogens (tertiary/aromatic N) is 2. The molecule has 0 bridgehead atoms. The van der Waals surface area contributed by atoms with E-state index in [2.05, 4.69) is 4.98 Å². The fourth-order valence-corrected chi connectivity index (χ4v) is 2.72. The molecule has 0 atom stereocenters. The van der Waals surface area contributed by atoms with Crippen molar-refractivity contribution in [1.82, 2.24) is 9.88 Å². The number of carbonyl (C=O) groups is 1. The summed E-state index contributed by atoms with van der Waals surface area (Å²) in [6.07, 6.45) is 3.80. The van der Waals surface area contributed by atoms with Gasteiger partial charge in [0.15, 0.2) is 0 Å². The van der Waals surface area contributed by atoms with Gasteiger partial charge >= 0.3 is 0 Å². The van der Waals surface area contributed by atoms with Crippen LogP contribution in [-0.4, -0.2) is 35.0 Å². The zero-order valence-corrected chi connectivity index (χ0v) is 13.0. The van der Waals surface area contributed by atoms with E-state index in [0.717, 1.165) is 37.4 Å². The largest absolute Gasteiger partial charge is 0.490 e. The second kappa shape index (κ2) is 7.13. The molecule has 2 heterocycles. The number of nitrogen functional groups attached to an aromatic ring is 1. The predicted octanol–water partition coefficient (Wildman–Crippen LogP) is 2.28. The highest BCUT2D eigenvalue weighted by atomic mass is 16.5. The van der Waals surface area contributed by atoms with Crippen molar-refractivity contribution in [2.45, 2.75) is 25.4 Å². The van der Waals surface area contributed by atoms with Gasteiger partial charge < -0.3 is 15.4 Å². The monoisotopic (exact) mass is 311 g/mol. The van der Waals surface area contributed by atoms with Gasteiger partial charge in [-0.2, -0.15) is 0 Å². The molecule has 0 radical (unpaired) electrons. The Hall–Kier alpha value is -2.56. The molecular weight excluding hydrogens is 290 g/mol. The van der Waals surface area contributed by atoms with Crippen LogP contribution in [0.2, 0.25) is 0 Å². The van der Waals surface area contributed by atoms with Gasteiger partial charge in [-0.05, 0) is 24.3 Å². The van der Waals surface area contributed by atoms with Crippen LogP contribution in [-0.2, 0) is 11.2 Å². The number of rotatable bonds is 4. The Morgan fingerprint density at radius 3 is 2.57 bits per heavy atom. The Morgan fingerprint density at radius 1 is 1.17 bits per heavy atom. The van der Waals surface area contributed by atoms with Crippen LogP contribution < -0.4 is 10.5 Å². The Balaban J connectivity index is 1.48. The van der Waals surface area contributed by atoms with E-state index in [1.54, 1.807) is 18.3 Å². The van der Waals surface area contributed by atoms with Gasteiger partial charge in [-0.3, -0.25) is 9.78 Å². The van der Waals surface area contributed by atoms with Crippen molar-refractivity contribution in [3.63, 3.8) is 0 Å². The van der Waals surface area contributed by atoms with Crippen LogP contribution in [0, 0.1) is 0 Å². The number of ether oxygens (including phenoxy) is 1. The van der Waals surface area contributed by atoms with E-state index in [0.29, 0.717) is 12.1 Å². The lowest BCUT2D eigenvalue weighted by Gasteiger charge is -2.32. The van der Waals surface area contributed by atoms with Crippen molar-refractivity contribution >= 4 is 11.6 Å². The summed E-state index contributed by atoms with van der Waals surface area (Å²) < 4.78 is 5.95. The van der Waals surface area contributed by atoms with Crippen LogP contribution in [0.4, 0.5) is 5.69 Å². The van der Waals surface area contributed by atoms with Gasteiger partial charge in [-0.15, -0.1) is 0 Å². The Kier molecular flexibility index (Phi) is 4.76. The minimum absolute atomic E-state index is 0.112. The number of aromatic nitrogens is 1. The van der Waals surface area contributed by atoms with Gasteiger partial charge in [-0.1, -0.05) is 18.2 Å². The zero-order chi connectivity index (χ0) is 16.1. The molecule has 1 amide bonds. The van der Waals surface area contributed by atoms with Crippen LogP contribution in [0.5, 0.6) is 5.75 Å². The van der Waals surface area contributed by atoms with Crippen LogP contribution in [0.3, 0.4) is 0 Å². The summed E-state index contributed by atoms with van der Waals surface area (Å²) in [7, 11) is 0. The van der Waals surface area contributed by atoms with Gasteiger partial charge in [0.25, 0.3) is 0 Å². The molecule has 3 rings (SSSR count). The van der Waals surface area contributed by atoms with Crippen LogP contribution in [0.25, 0.3) is 0 Å². The van der Waals surface area contributed by atoms with E-state index in [1.807, 2.05) is 35.2 Å². The number of benzene rings is 1. The standard InChI is InChI=1S/C18H21N3O2/c19-14-6-7-15(20-13-14)12-18(22)21-10-8-17(9-11-21)23-16-4-2-1-3-5-16/h1-7,13,17H,8-12,19H2. The number of carbonyl (C=O) groups excluding carboxylic acids is 1. The van der Waals surface area contributed by atoms with E-state index in [-0.39, 0.29) is 12.0 Å². The lowest BCUT2D eigenvalue weighted by atomic mass is 10.1. The minimum atomic E-state index is 0.112. The molecule has 0 unspecified atom stereocenters. The first-order valence-electron chi connectivity index (χ1n) is 7.90. The number of hydrogen-bond acceptors (Lipinski definition) is 4. The van der Waals surface area contributed by atoms with Gasteiger partial charge in [0.2, 0.25) is 5.91 Å². The number of hydrogen-bond donors (Lipinski definition) is 1. The molecule has 1 saturated heterocycles. The third kappa shape index (κ3) is 4.22. The second-order valence-electron chi connectivity index (χ2n) is 5.77. The quantitative estimate of drug-likeness (QED) is 0.940. The van der Waals surface area contributed by atoms with Crippen LogP contribution in [0.1, 0.15) is 18.5 Å². The molecule has 1 aliphatic heterocycles. The van der Waals surface area contributed by atoms with Crippen molar-refractivity contribution < 1.29 is 9.53 Å². The van der Waals surface area contributed by atoms with Gasteiger partial charge in [0.1, 0.15) is 11.9 Å². The SMILES string of the molecule is Nc1ccc(CC(=O)N2CCC(Oc3ccccc3)CC2)nc1. The highest BCUT2D eigenvalue weighted by molar-refractivity contribution is 5.78. The van der Waals surface area contributed by atoms with E-state index in [4.69, 9.17) is 10.5 Å². The number of likely N-dealkylation sites (tertiary alicyclic amines) is 1. The molecule has 0 spiro atoms. The first kappa shape index (κ1) is 15.3. The van der Waals surface area contributed by atoms with Crippen molar-refractivity contribution in [2.75, 3.05) is 18.8 Å². The number of amides is 1. The van der Waals surface area contributed by atoms with Crippen molar-refractivity contribution in [3.05, 3.63) is 54.4 Å². The molecule has 5 heteroatoms. The molecule has 1 aromatic carbocycles.